The smallest absolute Gasteiger partial charge is 0.409 e. The molecule has 0 radical (unpaired) electrons. The first-order valence-corrected chi connectivity index (χ1v) is 9.41. The van der Waals surface area contributed by atoms with Crippen LogP contribution < -0.4 is 0 Å². The summed E-state index contributed by atoms with van der Waals surface area (Å²) in [5.41, 5.74) is 0. The van der Waals surface area contributed by atoms with Gasteiger partial charge >= 0.3 is 6.09 Å². The molecule has 0 aromatic rings. The van der Waals surface area contributed by atoms with Gasteiger partial charge in [-0.1, -0.05) is 13.8 Å². The van der Waals surface area contributed by atoms with Crippen molar-refractivity contribution in [3.05, 3.63) is 0 Å². The maximum absolute atomic E-state index is 12.6. The van der Waals surface area contributed by atoms with Gasteiger partial charge in [-0.15, -0.1) is 0 Å². The largest absolute Gasteiger partial charge is 0.449 e. The van der Waals surface area contributed by atoms with Crippen molar-refractivity contribution in [1.82, 2.24) is 9.80 Å². The lowest BCUT2D eigenvalue weighted by Crippen LogP contribution is -2.42. The first-order valence-electron chi connectivity index (χ1n) is 9.41. The van der Waals surface area contributed by atoms with Crippen molar-refractivity contribution in [2.45, 2.75) is 52.2 Å². The highest BCUT2D eigenvalue weighted by Gasteiger charge is 2.27. The third kappa shape index (κ3) is 6.47. The molecule has 0 N–H and O–H groups in total. The molecular weight excluding hydrogens is 324 g/mol. The number of nitrogens with zero attached hydrogens (tertiary/aromatic N) is 2. The molecule has 2 heterocycles. The number of hydrogen-bond acceptors (Lipinski definition) is 5. The van der Waals surface area contributed by atoms with Gasteiger partial charge in [0.15, 0.2) is 0 Å². The monoisotopic (exact) mass is 356 g/mol. The van der Waals surface area contributed by atoms with Crippen molar-refractivity contribution in [3.63, 3.8) is 0 Å². The molecule has 2 fully saturated rings. The van der Waals surface area contributed by atoms with Crippen LogP contribution in [0.3, 0.4) is 0 Å². The molecule has 7 nitrogen and oxygen atoms in total. The van der Waals surface area contributed by atoms with E-state index in [4.69, 9.17) is 14.2 Å². The Morgan fingerprint density at radius 3 is 2.48 bits per heavy atom. The van der Waals surface area contributed by atoms with Crippen LogP contribution in [0.25, 0.3) is 0 Å². The molecule has 0 saturated carbocycles. The van der Waals surface area contributed by atoms with Gasteiger partial charge in [0, 0.05) is 32.8 Å². The van der Waals surface area contributed by atoms with Crippen LogP contribution in [0.1, 0.15) is 40.0 Å². The number of carbonyl (C=O) groups is 2. The van der Waals surface area contributed by atoms with E-state index in [1.165, 1.54) is 0 Å². The van der Waals surface area contributed by atoms with E-state index in [1.807, 2.05) is 13.8 Å². The van der Waals surface area contributed by atoms with Gasteiger partial charge in [0.05, 0.1) is 19.3 Å². The van der Waals surface area contributed by atoms with Gasteiger partial charge in [0.2, 0.25) is 0 Å². The van der Waals surface area contributed by atoms with Crippen LogP contribution in [-0.4, -0.2) is 80.0 Å². The maximum atomic E-state index is 12.6. The van der Waals surface area contributed by atoms with Gasteiger partial charge in [0.25, 0.3) is 5.91 Å². The summed E-state index contributed by atoms with van der Waals surface area (Å²) in [6, 6.07) is 0. The van der Waals surface area contributed by atoms with E-state index in [0.29, 0.717) is 45.3 Å². The lowest BCUT2D eigenvalue weighted by molar-refractivity contribution is -0.144. The summed E-state index contributed by atoms with van der Waals surface area (Å²) in [7, 11) is 0. The summed E-state index contributed by atoms with van der Waals surface area (Å²) in [5.74, 6) is 0.297. The van der Waals surface area contributed by atoms with Crippen molar-refractivity contribution in [2.75, 3.05) is 46.0 Å². The Kier molecular flexibility index (Phi) is 7.96. The molecule has 2 saturated heterocycles. The number of hydrogen-bond donors (Lipinski definition) is 0. The van der Waals surface area contributed by atoms with Gasteiger partial charge in [-0.2, -0.15) is 0 Å². The molecule has 144 valence electrons. The highest BCUT2D eigenvalue weighted by atomic mass is 16.6. The number of rotatable bonds is 6. The zero-order chi connectivity index (χ0) is 18.2. The highest BCUT2D eigenvalue weighted by Crippen LogP contribution is 2.14. The first kappa shape index (κ1) is 20.0. The Morgan fingerprint density at radius 2 is 1.80 bits per heavy atom. The van der Waals surface area contributed by atoms with Crippen molar-refractivity contribution in [2.24, 2.45) is 5.92 Å². The molecule has 0 aliphatic carbocycles. The Hall–Kier alpha value is -1.34. The van der Waals surface area contributed by atoms with E-state index in [9.17, 15) is 9.59 Å². The van der Waals surface area contributed by atoms with Gasteiger partial charge in [-0.3, -0.25) is 4.79 Å². The van der Waals surface area contributed by atoms with Crippen LogP contribution in [-0.2, 0) is 19.0 Å². The standard InChI is InChI=1S/C18H32N2O5/c1-14(2)12-25-18(22)20-8-5-7-19(9-10-20)17(21)15(3)24-13-16-6-4-11-23-16/h14-16H,4-13H2,1-3H3. The number of amides is 2. The van der Waals surface area contributed by atoms with Crippen molar-refractivity contribution in [1.29, 1.82) is 0 Å². The summed E-state index contributed by atoms with van der Waals surface area (Å²) < 4.78 is 16.5. The molecule has 25 heavy (non-hydrogen) atoms. The van der Waals surface area contributed by atoms with Crippen LogP contribution in [0.5, 0.6) is 0 Å². The fraction of sp³-hybridized carbons (Fsp3) is 0.889. The molecule has 2 aliphatic rings. The summed E-state index contributed by atoms with van der Waals surface area (Å²) in [4.78, 5) is 28.1. The molecule has 2 atom stereocenters. The zero-order valence-corrected chi connectivity index (χ0v) is 15.7. The molecule has 2 rings (SSSR count). The Bertz CT molecular complexity index is 437. The van der Waals surface area contributed by atoms with E-state index in [-0.39, 0.29) is 18.1 Å². The third-order valence-electron chi connectivity index (χ3n) is 4.51. The normalized spacial score (nSPS) is 22.8. The molecular formula is C18H32N2O5. The average Bonchev–Trinajstić information content (AvgIpc) is 2.99. The molecule has 2 aliphatic heterocycles. The molecule has 2 amide bonds. The van der Waals surface area contributed by atoms with Crippen molar-refractivity contribution in [3.8, 4) is 0 Å². The van der Waals surface area contributed by atoms with Crippen LogP contribution in [0.4, 0.5) is 4.79 Å². The van der Waals surface area contributed by atoms with E-state index < -0.39 is 6.10 Å². The maximum Gasteiger partial charge on any atom is 0.409 e. The van der Waals surface area contributed by atoms with Crippen molar-refractivity contribution < 1.29 is 23.8 Å². The minimum atomic E-state index is -0.483. The molecule has 0 bridgehead atoms. The molecule has 0 aromatic carbocycles. The minimum absolute atomic E-state index is 0.0182. The van der Waals surface area contributed by atoms with E-state index in [0.717, 1.165) is 25.9 Å². The lowest BCUT2D eigenvalue weighted by Gasteiger charge is -2.25. The topological polar surface area (TPSA) is 68.3 Å². The van der Waals surface area contributed by atoms with E-state index in [1.54, 1.807) is 16.7 Å². The Morgan fingerprint density at radius 1 is 1.08 bits per heavy atom. The van der Waals surface area contributed by atoms with E-state index >= 15 is 0 Å². The Labute approximate surface area is 150 Å². The fourth-order valence-electron chi connectivity index (χ4n) is 3.01. The number of ether oxygens (including phenoxy) is 3. The second-order valence-electron chi connectivity index (χ2n) is 7.25. The quantitative estimate of drug-likeness (QED) is 0.727. The summed E-state index contributed by atoms with van der Waals surface area (Å²) in [6.07, 6.45) is 2.16. The average molecular weight is 356 g/mol. The predicted molar refractivity (Wildman–Crippen MR) is 93.3 cm³/mol. The SMILES string of the molecule is CC(C)COC(=O)N1CCCN(C(=O)C(C)OCC2CCCO2)CC1. The zero-order valence-electron chi connectivity index (χ0n) is 15.7. The van der Waals surface area contributed by atoms with Gasteiger partial charge in [-0.05, 0) is 32.1 Å². The van der Waals surface area contributed by atoms with Crippen LogP contribution in [0, 0.1) is 5.92 Å². The summed E-state index contributed by atoms with van der Waals surface area (Å²) in [5, 5.41) is 0. The minimum Gasteiger partial charge on any atom is -0.449 e. The molecule has 0 aromatic heterocycles. The van der Waals surface area contributed by atoms with Crippen LogP contribution >= 0.6 is 0 Å². The number of carbonyl (C=O) groups excluding carboxylic acids is 2. The van der Waals surface area contributed by atoms with Gasteiger partial charge < -0.3 is 24.0 Å². The molecule has 2 unspecified atom stereocenters. The highest BCUT2D eigenvalue weighted by molar-refractivity contribution is 5.80. The predicted octanol–water partition coefficient (Wildman–Crippen LogP) is 1.90. The third-order valence-corrected chi connectivity index (χ3v) is 4.51. The molecule has 7 heteroatoms. The van der Waals surface area contributed by atoms with Crippen LogP contribution in [0.15, 0.2) is 0 Å². The van der Waals surface area contributed by atoms with E-state index in [2.05, 4.69) is 0 Å². The fourth-order valence-corrected chi connectivity index (χ4v) is 3.01. The van der Waals surface area contributed by atoms with Gasteiger partial charge in [0.1, 0.15) is 6.10 Å². The van der Waals surface area contributed by atoms with Gasteiger partial charge in [-0.25, -0.2) is 4.79 Å². The second-order valence-corrected chi connectivity index (χ2v) is 7.25. The first-order chi connectivity index (χ1) is 12.0. The van der Waals surface area contributed by atoms with Crippen molar-refractivity contribution >= 4 is 12.0 Å². The molecule has 0 spiro atoms. The van der Waals surface area contributed by atoms with Crippen LogP contribution in [0.2, 0.25) is 0 Å². The lowest BCUT2D eigenvalue weighted by atomic mass is 10.2. The second kappa shape index (κ2) is 9.97. The Balaban J connectivity index is 1.74. The summed E-state index contributed by atoms with van der Waals surface area (Å²) in [6.45, 7) is 9.75. The summed E-state index contributed by atoms with van der Waals surface area (Å²) >= 11 is 0.